The number of alkyl halides is 4. The molecule has 0 spiro atoms. The molecule has 0 aliphatic heterocycles. The summed E-state index contributed by atoms with van der Waals surface area (Å²) >= 11 is 5.34. The predicted molar refractivity (Wildman–Crippen MR) is 42.7 cm³/mol. The van der Waals surface area contributed by atoms with Crippen molar-refractivity contribution in [2.24, 2.45) is 0 Å². The van der Waals surface area contributed by atoms with Crippen LogP contribution in [0.15, 0.2) is 6.07 Å². The van der Waals surface area contributed by atoms with E-state index in [1.807, 2.05) is 0 Å². The second-order valence-corrected chi connectivity index (χ2v) is 2.96. The van der Waals surface area contributed by atoms with Crippen LogP contribution in [0, 0.1) is 6.92 Å². The Morgan fingerprint density at radius 1 is 1.54 bits per heavy atom. The molecule has 1 rings (SSSR count). The topological polar surface area (TPSA) is 17.8 Å². The Morgan fingerprint density at radius 3 is 2.62 bits per heavy atom. The van der Waals surface area contributed by atoms with E-state index >= 15 is 0 Å². The van der Waals surface area contributed by atoms with Gasteiger partial charge in [0.05, 0.1) is 12.2 Å². The minimum absolute atomic E-state index is 0.0736. The molecule has 0 aliphatic rings. The zero-order valence-electron chi connectivity index (χ0n) is 6.90. The maximum Gasteiger partial charge on any atom is 0.433 e. The van der Waals surface area contributed by atoms with Crippen molar-refractivity contribution in [2.45, 2.75) is 19.6 Å². The summed E-state index contributed by atoms with van der Waals surface area (Å²) in [4.78, 5) is 0. The second-order valence-electron chi connectivity index (χ2n) is 2.58. The summed E-state index contributed by atoms with van der Waals surface area (Å²) in [6, 6.07) is 1.01. The lowest BCUT2D eigenvalue weighted by Gasteiger charge is -2.07. The summed E-state index contributed by atoms with van der Waals surface area (Å²) in [6.07, 6.45) is -4.35. The quantitative estimate of drug-likeness (QED) is 0.689. The molecule has 0 aromatic carbocycles. The highest BCUT2D eigenvalue weighted by Gasteiger charge is 2.35. The van der Waals surface area contributed by atoms with E-state index in [0.29, 0.717) is 5.69 Å². The molecule has 0 atom stereocenters. The Balaban J connectivity index is 3.04. The van der Waals surface area contributed by atoms with Crippen LogP contribution in [0.4, 0.5) is 13.2 Å². The molecule has 0 aliphatic carbocycles. The van der Waals surface area contributed by atoms with E-state index in [0.717, 1.165) is 10.7 Å². The van der Waals surface area contributed by atoms with Crippen LogP contribution in [0.25, 0.3) is 0 Å². The minimum Gasteiger partial charge on any atom is -0.259 e. The molecule has 1 aromatic rings. The molecule has 1 aromatic heterocycles. The molecule has 0 saturated carbocycles. The highest BCUT2D eigenvalue weighted by molar-refractivity contribution is 6.17. The van der Waals surface area contributed by atoms with Gasteiger partial charge in [-0.1, -0.05) is 0 Å². The van der Waals surface area contributed by atoms with Crippen molar-refractivity contribution >= 4 is 11.6 Å². The monoisotopic (exact) mass is 212 g/mol. The van der Waals surface area contributed by atoms with E-state index in [9.17, 15) is 13.2 Å². The van der Waals surface area contributed by atoms with E-state index in [4.69, 9.17) is 11.6 Å². The molecule has 74 valence electrons. The first kappa shape index (κ1) is 10.4. The SMILES string of the molecule is Cc1cc(C(F)(F)F)n(CCCl)n1. The molecular weight excluding hydrogens is 205 g/mol. The highest BCUT2D eigenvalue weighted by atomic mass is 35.5. The molecule has 2 nitrogen and oxygen atoms in total. The average Bonchev–Trinajstić information content (AvgIpc) is 2.30. The number of hydrogen-bond donors (Lipinski definition) is 0. The number of rotatable bonds is 2. The first-order chi connectivity index (χ1) is 5.95. The second kappa shape index (κ2) is 3.57. The Hall–Kier alpha value is -0.710. The third kappa shape index (κ3) is 2.37. The van der Waals surface area contributed by atoms with Crippen LogP contribution in [0.2, 0.25) is 0 Å². The molecule has 0 unspecified atom stereocenters. The minimum atomic E-state index is -4.35. The zero-order valence-corrected chi connectivity index (χ0v) is 7.65. The highest BCUT2D eigenvalue weighted by Crippen LogP contribution is 2.29. The van der Waals surface area contributed by atoms with Crippen molar-refractivity contribution in [3.05, 3.63) is 17.5 Å². The Bertz CT molecular complexity index is 292. The van der Waals surface area contributed by atoms with Crippen LogP contribution < -0.4 is 0 Å². The molecule has 1 heterocycles. The van der Waals surface area contributed by atoms with Crippen LogP contribution in [0.1, 0.15) is 11.4 Å². The van der Waals surface area contributed by atoms with Crippen molar-refractivity contribution in [3.8, 4) is 0 Å². The number of aromatic nitrogens is 2. The van der Waals surface area contributed by atoms with Gasteiger partial charge in [0.25, 0.3) is 0 Å². The lowest BCUT2D eigenvalue weighted by Crippen LogP contribution is -2.15. The number of nitrogens with zero attached hydrogens (tertiary/aromatic N) is 2. The maximum absolute atomic E-state index is 12.3. The first-order valence-electron chi connectivity index (χ1n) is 3.62. The molecular formula is C7H8ClF3N2. The van der Waals surface area contributed by atoms with Crippen molar-refractivity contribution in [2.75, 3.05) is 5.88 Å². The number of hydrogen-bond acceptors (Lipinski definition) is 1. The maximum atomic E-state index is 12.3. The Morgan fingerprint density at radius 2 is 2.15 bits per heavy atom. The van der Waals surface area contributed by atoms with Gasteiger partial charge in [-0.05, 0) is 13.0 Å². The van der Waals surface area contributed by atoms with Gasteiger partial charge in [-0.15, -0.1) is 11.6 Å². The Labute approximate surface area is 78.3 Å². The van der Waals surface area contributed by atoms with Gasteiger partial charge in [-0.2, -0.15) is 18.3 Å². The van der Waals surface area contributed by atoms with E-state index < -0.39 is 11.9 Å². The van der Waals surface area contributed by atoms with E-state index in [1.54, 1.807) is 0 Å². The average molecular weight is 213 g/mol. The molecule has 0 saturated heterocycles. The van der Waals surface area contributed by atoms with E-state index in [-0.39, 0.29) is 12.4 Å². The van der Waals surface area contributed by atoms with Crippen molar-refractivity contribution in [1.29, 1.82) is 0 Å². The third-order valence-corrected chi connectivity index (χ3v) is 1.66. The largest absolute Gasteiger partial charge is 0.433 e. The fourth-order valence-electron chi connectivity index (χ4n) is 1.02. The van der Waals surface area contributed by atoms with Gasteiger partial charge in [0.1, 0.15) is 5.69 Å². The summed E-state index contributed by atoms with van der Waals surface area (Å²) in [6.45, 7) is 1.59. The summed E-state index contributed by atoms with van der Waals surface area (Å²) in [5, 5.41) is 3.68. The molecule has 13 heavy (non-hydrogen) atoms. The zero-order chi connectivity index (χ0) is 10.1. The molecule has 0 radical (unpaired) electrons. The van der Waals surface area contributed by atoms with Gasteiger partial charge in [-0.25, -0.2) is 0 Å². The Kier molecular flexibility index (Phi) is 2.85. The van der Waals surface area contributed by atoms with Crippen LogP contribution in [0.5, 0.6) is 0 Å². The molecule has 0 amide bonds. The van der Waals surface area contributed by atoms with Gasteiger partial charge < -0.3 is 0 Å². The summed E-state index contributed by atoms with van der Waals surface area (Å²) in [5.41, 5.74) is -0.400. The fraction of sp³-hybridized carbons (Fsp3) is 0.571. The van der Waals surface area contributed by atoms with Crippen LogP contribution in [-0.4, -0.2) is 15.7 Å². The van der Waals surface area contributed by atoms with Gasteiger partial charge >= 0.3 is 6.18 Å². The van der Waals surface area contributed by atoms with E-state index in [1.165, 1.54) is 6.92 Å². The van der Waals surface area contributed by atoms with Crippen LogP contribution >= 0.6 is 11.6 Å². The van der Waals surface area contributed by atoms with Gasteiger partial charge in [0.2, 0.25) is 0 Å². The van der Waals surface area contributed by atoms with E-state index in [2.05, 4.69) is 5.10 Å². The molecule has 6 heteroatoms. The predicted octanol–water partition coefficient (Wildman–Crippen LogP) is 2.45. The smallest absolute Gasteiger partial charge is 0.259 e. The molecule has 0 bridgehead atoms. The van der Waals surface area contributed by atoms with Crippen molar-refractivity contribution in [1.82, 2.24) is 9.78 Å². The van der Waals surface area contributed by atoms with Crippen molar-refractivity contribution in [3.63, 3.8) is 0 Å². The fourth-order valence-corrected chi connectivity index (χ4v) is 1.18. The third-order valence-electron chi connectivity index (χ3n) is 1.49. The normalized spacial score (nSPS) is 12.1. The number of halogens is 4. The standard InChI is InChI=1S/C7H8ClF3N2/c1-5-4-6(7(9,10)11)13(12-5)3-2-8/h4H,2-3H2,1H3. The van der Waals surface area contributed by atoms with Gasteiger partial charge in [-0.3, -0.25) is 4.68 Å². The van der Waals surface area contributed by atoms with Gasteiger partial charge in [0.15, 0.2) is 0 Å². The molecule has 0 fully saturated rings. The number of aryl methyl sites for hydroxylation is 2. The summed E-state index contributed by atoms with van der Waals surface area (Å²) < 4.78 is 37.7. The lowest BCUT2D eigenvalue weighted by atomic mass is 10.3. The lowest BCUT2D eigenvalue weighted by molar-refractivity contribution is -0.144. The van der Waals surface area contributed by atoms with Crippen LogP contribution in [-0.2, 0) is 12.7 Å². The summed E-state index contributed by atoms with van der Waals surface area (Å²) in [7, 11) is 0. The first-order valence-corrected chi connectivity index (χ1v) is 4.16. The molecule has 0 N–H and O–H groups in total. The summed E-state index contributed by atoms with van der Waals surface area (Å²) in [5.74, 6) is 0.115. The van der Waals surface area contributed by atoms with Crippen LogP contribution in [0.3, 0.4) is 0 Å². The van der Waals surface area contributed by atoms with Gasteiger partial charge in [0, 0.05) is 5.88 Å². The van der Waals surface area contributed by atoms with Crippen molar-refractivity contribution < 1.29 is 13.2 Å².